The highest BCUT2D eigenvalue weighted by Gasteiger charge is 2.38. The Kier molecular flexibility index (Phi) is 3.35. The topological polar surface area (TPSA) is 75.1 Å². The van der Waals surface area contributed by atoms with E-state index >= 15 is 0 Å². The number of carbonyl (C=O) groups is 1. The van der Waals surface area contributed by atoms with Crippen LogP contribution in [0.15, 0.2) is 11.4 Å². The quantitative estimate of drug-likeness (QED) is 0.479. The Bertz CT molecular complexity index is 429. The number of aldehydes is 1. The lowest BCUT2D eigenvalue weighted by molar-refractivity contribution is -0.0235. The van der Waals surface area contributed by atoms with Crippen LogP contribution in [0.5, 0.6) is 0 Å². The van der Waals surface area contributed by atoms with E-state index in [2.05, 4.69) is 15.3 Å². The predicted molar refractivity (Wildman–Crippen MR) is 66.5 cm³/mol. The molecule has 0 bridgehead atoms. The average Bonchev–Trinajstić information content (AvgIpc) is 2.26. The standard InChI is InChI=1S/C11H15N3O2S/c1-11(16)3-8(4-11)13-9-7(6-15)5-12-10(14-9)17-2/h5-6,8,16H,3-4H2,1-2H3,(H,12,13,14). The maximum atomic E-state index is 10.9. The van der Waals surface area contributed by atoms with Gasteiger partial charge in [0.15, 0.2) is 11.4 Å². The monoisotopic (exact) mass is 253 g/mol. The third-order valence-electron chi connectivity index (χ3n) is 2.82. The Hall–Kier alpha value is -1.14. The van der Waals surface area contributed by atoms with Crippen molar-refractivity contribution < 1.29 is 9.90 Å². The van der Waals surface area contributed by atoms with Gasteiger partial charge >= 0.3 is 0 Å². The van der Waals surface area contributed by atoms with Crippen LogP contribution >= 0.6 is 11.8 Å². The second kappa shape index (κ2) is 4.62. The van der Waals surface area contributed by atoms with E-state index in [1.54, 1.807) is 6.92 Å². The molecule has 0 aliphatic heterocycles. The molecule has 1 aliphatic rings. The number of carbonyl (C=O) groups excluding carboxylic acids is 1. The summed E-state index contributed by atoms with van der Waals surface area (Å²) in [5, 5.41) is 13.4. The number of nitrogens with zero attached hydrogens (tertiary/aromatic N) is 2. The van der Waals surface area contributed by atoms with Gasteiger partial charge in [-0.3, -0.25) is 4.79 Å². The van der Waals surface area contributed by atoms with Crippen molar-refractivity contribution in [2.24, 2.45) is 0 Å². The van der Waals surface area contributed by atoms with Crippen molar-refractivity contribution in [2.75, 3.05) is 11.6 Å². The van der Waals surface area contributed by atoms with Crippen LogP contribution < -0.4 is 5.32 Å². The number of nitrogens with one attached hydrogen (secondary N) is 1. The van der Waals surface area contributed by atoms with E-state index in [9.17, 15) is 9.90 Å². The number of rotatable bonds is 4. The van der Waals surface area contributed by atoms with Gasteiger partial charge in [0.2, 0.25) is 0 Å². The number of anilines is 1. The Morgan fingerprint density at radius 2 is 2.35 bits per heavy atom. The van der Waals surface area contributed by atoms with Crippen LogP contribution in [0.2, 0.25) is 0 Å². The number of thioether (sulfide) groups is 1. The lowest BCUT2D eigenvalue weighted by Gasteiger charge is -2.41. The molecular weight excluding hydrogens is 238 g/mol. The molecule has 1 heterocycles. The van der Waals surface area contributed by atoms with Crippen molar-refractivity contribution >= 4 is 23.9 Å². The molecule has 2 N–H and O–H groups in total. The molecule has 17 heavy (non-hydrogen) atoms. The Labute approximate surface area is 104 Å². The molecule has 92 valence electrons. The molecule has 2 rings (SSSR count). The van der Waals surface area contributed by atoms with Gasteiger partial charge in [-0.25, -0.2) is 9.97 Å². The molecule has 1 aromatic heterocycles. The zero-order valence-electron chi connectivity index (χ0n) is 9.80. The summed E-state index contributed by atoms with van der Waals surface area (Å²) < 4.78 is 0. The zero-order chi connectivity index (χ0) is 12.5. The molecule has 1 saturated carbocycles. The van der Waals surface area contributed by atoms with Gasteiger partial charge in [-0.05, 0) is 26.0 Å². The van der Waals surface area contributed by atoms with Crippen LogP contribution in [0.25, 0.3) is 0 Å². The van der Waals surface area contributed by atoms with Crippen molar-refractivity contribution in [3.05, 3.63) is 11.8 Å². The third kappa shape index (κ3) is 2.76. The van der Waals surface area contributed by atoms with Gasteiger partial charge in [0.1, 0.15) is 5.82 Å². The predicted octanol–water partition coefficient (Wildman–Crippen LogP) is 1.34. The fourth-order valence-electron chi connectivity index (χ4n) is 1.97. The van der Waals surface area contributed by atoms with Crippen LogP contribution in [0.1, 0.15) is 30.1 Å². The molecule has 1 aliphatic carbocycles. The minimum atomic E-state index is -0.589. The third-order valence-corrected chi connectivity index (χ3v) is 3.38. The van der Waals surface area contributed by atoms with E-state index in [1.807, 2.05) is 6.26 Å². The molecule has 6 heteroatoms. The molecule has 5 nitrogen and oxygen atoms in total. The highest BCUT2D eigenvalue weighted by molar-refractivity contribution is 7.98. The van der Waals surface area contributed by atoms with Gasteiger partial charge in [-0.15, -0.1) is 0 Å². The van der Waals surface area contributed by atoms with E-state index in [4.69, 9.17) is 0 Å². The number of hydrogen-bond acceptors (Lipinski definition) is 6. The Balaban J connectivity index is 2.11. The fraction of sp³-hybridized carbons (Fsp3) is 0.545. The SMILES string of the molecule is CSc1ncc(C=O)c(NC2CC(C)(O)C2)n1. The van der Waals surface area contributed by atoms with Crippen molar-refractivity contribution in [1.82, 2.24) is 9.97 Å². The van der Waals surface area contributed by atoms with Crippen molar-refractivity contribution in [3.63, 3.8) is 0 Å². The summed E-state index contributed by atoms with van der Waals surface area (Å²) in [6, 6.07) is 0.174. The second-order valence-corrected chi connectivity index (χ2v) is 5.30. The van der Waals surface area contributed by atoms with Crippen LogP contribution in [-0.2, 0) is 0 Å². The highest BCUT2D eigenvalue weighted by Crippen LogP contribution is 2.33. The molecule has 0 saturated heterocycles. The Morgan fingerprint density at radius 3 is 2.88 bits per heavy atom. The first kappa shape index (κ1) is 12.3. The van der Waals surface area contributed by atoms with E-state index in [0.29, 0.717) is 29.4 Å². The highest BCUT2D eigenvalue weighted by atomic mass is 32.2. The first-order valence-electron chi connectivity index (χ1n) is 5.39. The normalized spacial score (nSPS) is 27.4. The second-order valence-electron chi connectivity index (χ2n) is 4.52. The van der Waals surface area contributed by atoms with Gasteiger partial charge < -0.3 is 10.4 Å². The van der Waals surface area contributed by atoms with Gasteiger partial charge in [-0.1, -0.05) is 11.8 Å². The van der Waals surface area contributed by atoms with Gasteiger partial charge in [-0.2, -0.15) is 0 Å². The van der Waals surface area contributed by atoms with Crippen LogP contribution in [-0.4, -0.2) is 39.3 Å². The van der Waals surface area contributed by atoms with Gasteiger partial charge in [0.05, 0.1) is 11.2 Å². The summed E-state index contributed by atoms with van der Waals surface area (Å²) in [6.45, 7) is 1.80. The van der Waals surface area contributed by atoms with Gasteiger partial charge in [0, 0.05) is 12.2 Å². The summed E-state index contributed by atoms with van der Waals surface area (Å²) in [6.07, 6.45) is 5.48. The van der Waals surface area contributed by atoms with E-state index in [0.717, 1.165) is 6.29 Å². The lowest BCUT2D eigenvalue weighted by Crippen LogP contribution is -2.48. The lowest BCUT2D eigenvalue weighted by atomic mass is 9.77. The van der Waals surface area contributed by atoms with Crippen LogP contribution in [0, 0.1) is 0 Å². The summed E-state index contributed by atoms with van der Waals surface area (Å²) in [5.41, 5.74) is -0.136. The molecule has 0 amide bonds. The zero-order valence-corrected chi connectivity index (χ0v) is 10.6. The smallest absolute Gasteiger partial charge is 0.189 e. The summed E-state index contributed by atoms with van der Waals surface area (Å²) in [4.78, 5) is 19.2. The summed E-state index contributed by atoms with van der Waals surface area (Å²) in [5.74, 6) is 0.555. The van der Waals surface area contributed by atoms with Crippen molar-refractivity contribution in [1.29, 1.82) is 0 Å². The molecule has 0 aromatic carbocycles. The molecular formula is C11H15N3O2S. The van der Waals surface area contributed by atoms with Crippen molar-refractivity contribution in [2.45, 2.75) is 36.6 Å². The van der Waals surface area contributed by atoms with E-state index < -0.39 is 5.60 Å². The van der Waals surface area contributed by atoms with Crippen LogP contribution in [0.4, 0.5) is 5.82 Å². The Morgan fingerprint density at radius 1 is 1.65 bits per heavy atom. The minimum absolute atomic E-state index is 0.174. The van der Waals surface area contributed by atoms with E-state index in [-0.39, 0.29) is 6.04 Å². The summed E-state index contributed by atoms with van der Waals surface area (Å²) >= 11 is 1.43. The van der Waals surface area contributed by atoms with Gasteiger partial charge in [0.25, 0.3) is 0 Å². The number of hydrogen-bond donors (Lipinski definition) is 2. The van der Waals surface area contributed by atoms with Crippen LogP contribution in [0.3, 0.4) is 0 Å². The fourth-order valence-corrected chi connectivity index (χ4v) is 2.31. The molecule has 0 radical (unpaired) electrons. The summed E-state index contributed by atoms with van der Waals surface area (Å²) in [7, 11) is 0. The minimum Gasteiger partial charge on any atom is -0.390 e. The van der Waals surface area contributed by atoms with E-state index in [1.165, 1.54) is 18.0 Å². The molecule has 0 unspecified atom stereocenters. The average molecular weight is 253 g/mol. The number of aromatic nitrogens is 2. The largest absolute Gasteiger partial charge is 0.390 e. The maximum absolute atomic E-state index is 10.9. The molecule has 1 aromatic rings. The molecule has 1 fully saturated rings. The molecule has 0 spiro atoms. The number of aliphatic hydroxyl groups is 1. The first-order chi connectivity index (χ1) is 8.04. The first-order valence-corrected chi connectivity index (χ1v) is 6.62. The van der Waals surface area contributed by atoms with Crippen molar-refractivity contribution in [3.8, 4) is 0 Å². The molecule has 0 atom stereocenters. The maximum Gasteiger partial charge on any atom is 0.189 e.